The van der Waals surface area contributed by atoms with E-state index in [0.717, 1.165) is 29.8 Å². The van der Waals surface area contributed by atoms with Crippen LogP contribution in [-0.2, 0) is 0 Å². The predicted octanol–water partition coefficient (Wildman–Crippen LogP) is 4.23. The molecule has 4 nitrogen and oxygen atoms in total. The fourth-order valence-electron chi connectivity index (χ4n) is 3.96. The highest BCUT2D eigenvalue weighted by Crippen LogP contribution is 2.26. The molecule has 0 aliphatic carbocycles. The van der Waals surface area contributed by atoms with Crippen molar-refractivity contribution >= 4 is 16.7 Å². The molecule has 1 heterocycles. The third-order valence-electron chi connectivity index (χ3n) is 5.44. The maximum absolute atomic E-state index is 12.6. The number of nitrogens with one attached hydrogen (secondary N) is 1. The van der Waals surface area contributed by atoms with Gasteiger partial charge in [-0.15, -0.1) is 0 Å². The number of hydrogen-bond acceptors (Lipinski definition) is 3. The number of piperidine rings is 1. The minimum atomic E-state index is -0.0571. The summed E-state index contributed by atoms with van der Waals surface area (Å²) in [6.45, 7) is 5.23. The number of ether oxygens (including phenoxy) is 1. The van der Waals surface area contributed by atoms with Gasteiger partial charge in [0.05, 0.1) is 12.7 Å². The van der Waals surface area contributed by atoms with Crippen LogP contribution in [0, 0.1) is 0 Å². The highest BCUT2D eigenvalue weighted by molar-refractivity contribution is 6.01. The zero-order valence-corrected chi connectivity index (χ0v) is 16.0. The van der Waals surface area contributed by atoms with E-state index < -0.39 is 0 Å². The molecule has 1 atom stereocenters. The molecular weight excluding hydrogens is 324 g/mol. The van der Waals surface area contributed by atoms with E-state index in [9.17, 15) is 4.79 Å². The van der Waals surface area contributed by atoms with Crippen LogP contribution < -0.4 is 10.1 Å². The Hall–Kier alpha value is -2.07. The van der Waals surface area contributed by atoms with E-state index in [0.29, 0.717) is 17.9 Å². The standard InChI is InChI=1S/C22H30N2O2/c1-3-19-11-6-7-13-24(19)14-8-12-23-22(25)20-15-17-9-4-5-10-18(17)16-21(20)26-2/h4-5,9-10,15-16,19H,3,6-8,11-14H2,1-2H3,(H,23,25)/t19-/m1/s1. The van der Waals surface area contributed by atoms with Crippen LogP contribution in [-0.4, -0.2) is 43.6 Å². The van der Waals surface area contributed by atoms with Crippen LogP contribution in [0.25, 0.3) is 10.8 Å². The zero-order valence-electron chi connectivity index (χ0n) is 16.0. The maximum atomic E-state index is 12.6. The largest absolute Gasteiger partial charge is 0.496 e. The van der Waals surface area contributed by atoms with Gasteiger partial charge in [0.25, 0.3) is 5.91 Å². The summed E-state index contributed by atoms with van der Waals surface area (Å²) in [4.78, 5) is 15.2. The average molecular weight is 354 g/mol. The molecule has 1 aliphatic rings. The first-order chi connectivity index (χ1) is 12.7. The van der Waals surface area contributed by atoms with Gasteiger partial charge in [0.1, 0.15) is 5.75 Å². The highest BCUT2D eigenvalue weighted by atomic mass is 16.5. The molecule has 0 unspecified atom stereocenters. The van der Waals surface area contributed by atoms with Gasteiger partial charge in [0, 0.05) is 19.1 Å². The van der Waals surface area contributed by atoms with Crippen molar-refractivity contribution in [3.8, 4) is 5.75 Å². The highest BCUT2D eigenvalue weighted by Gasteiger charge is 2.20. The number of hydrogen-bond donors (Lipinski definition) is 1. The molecule has 3 rings (SSSR count). The van der Waals surface area contributed by atoms with Crippen LogP contribution >= 0.6 is 0 Å². The predicted molar refractivity (Wildman–Crippen MR) is 107 cm³/mol. The Kier molecular flexibility index (Phi) is 6.51. The Bertz CT molecular complexity index is 744. The van der Waals surface area contributed by atoms with Gasteiger partial charge < -0.3 is 15.0 Å². The topological polar surface area (TPSA) is 41.6 Å². The molecule has 140 valence electrons. The fourth-order valence-corrected chi connectivity index (χ4v) is 3.96. The van der Waals surface area contributed by atoms with Crippen molar-refractivity contribution in [2.75, 3.05) is 26.7 Å². The van der Waals surface area contributed by atoms with E-state index in [1.807, 2.05) is 36.4 Å². The summed E-state index contributed by atoms with van der Waals surface area (Å²) in [7, 11) is 1.61. The van der Waals surface area contributed by atoms with Crippen molar-refractivity contribution in [1.82, 2.24) is 10.2 Å². The van der Waals surface area contributed by atoms with Crippen LogP contribution in [0.2, 0.25) is 0 Å². The van der Waals surface area contributed by atoms with Gasteiger partial charge in [0.2, 0.25) is 0 Å². The fraction of sp³-hybridized carbons (Fsp3) is 0.500. The lowest BCUT2D eigenvalue weighted by atomic mass is 10.00. The van der Waals surface area contributed by atoms with E-state index >= 15 is 0 Å². The lowest BCUT2D eigenvalue weighted by Crippen LogP contribution is -2.40. The van der Waals surface area contributed by atoms with Gasteiger partial charge in [0.15, 0.2) is 0 Å². The number of benzene rings is 2. The Morgan fingerprint density at radius 3 is 2.73 bits per heavy atom. The van der Waals surface area contributed by atoms with Crippen molar-refractivity contribution < 1.29 is 9.53 Å². The van der Waals surface area contributed by atoms with Gasteiger partial charge in [-0.05, 0) is 55.1 Å². The molecule has 0 radical (unpaired) electrons. The van der Waals surface area contributed by atoms with Crippen molar-refractivity contribution in [3.05, 3.63) is 42.0 Å². The second-order valence-electron chi connectivity index (χ2n) is 7.10. The number of fused-ring (bicyclic) bond motifs is 1. The van der Waals surface area contributed by atoms with E-state index in [1.165, 1.54) is 32.2 Å². The first-order valence-corrected chi connectivity index (χ1v) is 9.82. The van der Waals surface area contributed by atoms with Crippen molar-refractivity contribution in [2.45, 2.75) is 45.1 Å². The first-order valence-electron chi connectivity index (χ1n) is 9.82. The van der Waals surface area contributed by atoms with Gasteiger partial charge in [-0.25, -0.2) is 0 Å². The molecule has 0 bridgehead atoms. The SMILES string of the molecule is CC[C@@H]1CCCCN1CCCNC(=O)c1cc2ccccc2cc1OC. The summed E-state index contributed by atoms with van der Waals surface area (Å²) in [5.41, 5.74) is 0.607. The summed E-state index contributed by atoms with van der Waals surface area (Å²) in [6.07, 6.45) is 6.18. The van der Waals surface area contributed by atoms with Gasteiger partial charge in [-0.3, -0.25) is 4.79 Å². The molecule has 2 aromatic rings. The van der Waals surface area contributed by atoms with Gasteiger partial charge in [-0.1, -0.05) is 37.6 Å². The normalized spacial score (nSPS) is 18.0. The first kappa shape index (κ1) is 18.7. The molecule has 0 aromatic heterocycles. The van der Waals surface area contributed by atoms with Crippen LogP contribution in [0.3, 0.4) is 0 Å². The van der Waals surface area contributed by atoms with Crippen LogP contribution in [0.15, 0.2) is 36.4 Å². The van der Waals surface area contributed by atoms with Gasteiger partial charge in [-0.2, -0.15) is 0 Å². The molecule has 0 spiro atoms. The van der Waals surface area contributed by atoms with Gasteiger partial charge >= 0.3 is 0 Å². The van der Waals surface area contributed by atoms with Crippen LogP contribution in [0.1, 0.15) is 49.4 Å². The third-order valence-corrected chi connectivity index (χ3v) is 5.44. The number of nitrogens with zero attached hydrogens (tertiary/aromatic N) is 1. The molecule has 1 fully saturated rings. The second kappa shape index (κ2) is 9.04. The van der Waals surface area contributed by atoms with E-state index in [4.69, 9.17) is 4.74 Å². The molecular formula is C22H30N2O2. The Labute approximate surface area is 156 Å². The van der Waals surface area contributed by atoms with E-state index in [2.05, 4.69) is 17.1 Å². The Morgan fingerprint density at radius 1 is 1.23 bits per heavy atom. The molecule has 0 saturated carbocycles. The summed E-state index contributed by atoms with van der Waals surface area (Å²) in [6, 6.07) is 12.6. The minimum absolute atomic E-state index is 0.0571. The van der Waals surface area contributed by atoms with E-state index in [1.54, 1.807) is 7.11 Å². The third kappa shape index (κ3) is 4.36. The molecule has 26 heavy (non-hydrogen) atoms. The molecule has 2 aromatic carbocycles. The van der Waals surface area contributed by atoms with Crippen molar-refractivity contribution in [2.24, 2.45) is 0 Å². The Balaban J connectivity index is 1.57. The quantitative estimate of drug-likeness (QED) is 0.757. The molecule has 1 saturated heterocycles. The Morgan fingerprint density at radius 2 is 2.00 bits per heavy atom. The number of likely N-dealkylation sites (tertiary alicyclic amines) is 1. The maximum Gasteiger partial charge on any atom is 0.255 e. The molecule has 1 aliphatic heterocycles. The van der Waals surface area contributed by atoms with Crippen LogP contribution in [0.5, 0.6) is 5.75 Å². The number of methoxy groups -OCH3 is 1. The smallest absolute Gasteiger partial charge is 0.255 e. The van der Waals surface area contributed by atoms with E-state index in [-0.39, 0.29) is 5.91 Å². The lowest BCUT2D eigenvalue weighted by molar-refractivity contribution is 0.0944. The minimum Gasteiger partial charge on any atom is -0.496 e. The second-order valence-corrected chi connectivity index (χ2v) is 7.10. The van der Waals surface area contributed by atoms with Crippen molar-refractivity contribution in [1.29, 1.82) is 0 Å². The number of rotatable bonds is 7. The average Bonchev–Trinajstić information content (AvgIpc) is 2.70. The summed E-state index contributed by atoms with van der Waals surface area (Å²) >= 11 is 0. The lowest BCUT2D eigenvalue weighted by Gasteiger charge is -2.35. The molecule has 1 N–H and O–H groups in total. The summed E-state index contributed by atoms with van der Waals surface area (Å²) < 4.78 is 5.44. The number of carbonyl (C=O) groups excluding carboxylic acids is 1. The zero-order chi connectivity index (χ0) is 18.4. The number of amides is 1. The summed E-state index contributed by atoms with van der Waals surface area (Å²) in [5, 5.41) is 5.20. The monoisotopic (exact) mass is 354 g/mol. The number of carbonyl (C=O) groups is 1. The summed E-state index contributed by atoms with van der Waals surface area (Å²) in [5.74, 6) is 0.571. The molecule has 1 amide bonds. The van der Waals surface area contributed by atoms with Crippen molar-refractivity contribution in [3.63, 3.8) is 0 Å². The molecule has 4 heteroatoms. The van der Waals surface area contributed by atoms with Crippen LogP contribution in [0.4, 0.5) is 0 Å².